The molecule has 0 spiro atoms. The highest BCUT2D eigenvalue weighted by molar-refractivity contribution is 9.10. The third-order valence-corrected chi connectivity index (χ3v) is 3.13. The summed E-state index contributed by atoms with van der Waals surface area (Å²) in [5, 5.41) is 4.22. The Kier molecular flexibility index (Phi) is 3.89. The van der Waals surface area contributed by atoms with Crippen molar-refractivity contribution >= 4 is 33.2 Å². The normalized spacial score (nSPS) is 17.7. The molecule has 15 heavy (non-hydrogen) atoms. The van der Waals surface area contributed by atoms with E-state index in [9.17, 15) is 0 Å². The van der Waals surface area contributed by atoms with Gasteiger partial charge in [0.2, 0.25) is 0 Å². The number of ether oxygens (including phenoxy) is 1. The molecule has 2 nitrogen and oxygen atoms in total. The molecular weight excluding hydrogens is 277 g/mol. The molecule has 0 unspecified atom stereocenters. The van der Waals surface area contributed by atoms with Crippen LogP contribution in [0.5, 0.6) is 0 Å². The van der Waals surface area contributed by atoms with Gasteiger partial charge in [0.1, 0.15) is 0 Å². The summed E-state index contributed by atoms with van der Waals surface area (Å²) in [5.41, 5.74) is 1.07. The second-order valence-electron chi connectivity index (χ2n) is 3.69. The van der Waals surface area contributed by atoms with Crippen molar-refractivity contribution in [3.05, 3.63) is 27.7 Å². The van der Waals surface area contributed by atoms with Crippen LogP contribution in [0, 0.1) is 0 Å². The highest BCUT2D eigenvalue weighted by Crippen LogP contribution is 2.24. The molecule has 1 N–H and O–H groups in total. The Morgan fingerprint density at radius 3 is 2.67 bits per heavy atom. The second-order valence-corrected chi connectivity index (χ2v) is 5.04. The van der Waals surface area contributed by atoms with Gasteiger partial charge in [-0.3, -0.25) is 0 Å². The van der Waals surface area contributed by atoms with E-state index in [0.717, 1.165) is 41.2 Å². The van der Waals surface area contributed by atoms with Gasteiger partial charge in [-0.15, -0.1) is 0 Å². The van der Waals surface area contributed by atoms with Crippen LogP contribution in [0.1, 0.15) is 12.8 Å². The van der Waals surface area contributed by atoms with E-state index in [2.05, 4.69) is 21.2 Å². The lowest BCUT2D eigenvalue weighted by Gasteiger charge is -2.24. The molecule has 1 aliphatic heterocycles. The van der Waals surface area contributed by atoms with Crippen LogP contribution in [0.15, 0.2) is 22.7 Å². The predicted octanol–water partition coefficient (Wildman–Crippen LogP) is 3.69. The van der Waals surface area contributed by atoms with Crippen LogP contribution in [0.3, 0.4) is 0 Å². The lowest BCUT2D eigenvalue weighted by molar-refractivity contribution is 0.0904. The van der Waals surface area contributed by atoms with Gasteiger partial charge < -0.3 is 10.1 Å². The summed E-state index contributed by atoms with van der Waals surface area (Å²) in [6, 6.07) is 6.38. The van der Waals surface area contributed by atoms with E-state index in [1.54, 1.807) is 0 Å². The van der Waals surface area contributed by atoms with Gasteiger partial charge in [0, 0.05) is 34.4 Å². The van der Waals surface area contributed by atoms with Crippen molar-refractivity contribution in [2.24, 2.45) is 0 Å². The first-order valence-corrected chi connectivity index (χ1v) is 6.21. The van der Waals surface area contributed by atoms with Crippen molar-refractivity contribution < 1.29 is 4.74 Å². The second kappa shape index (κ2) is 5.19. The van der Waals surface area contributed by atoms with Crippen LogP contribution in [0.25, 0.3) is 0 Å². The van der Waals surface area contributed by atoms with E-state index in [1.165, 1.54) is 0 Å². The average molecular weight is 291 g/mol. The van der Waals surface area contributed by atoms with E-state index < -0.39 is 0 Å². The minimum absolute atomic E-state index is 0.504. The molecule has 1 fully saturated rings. The van der Waals surface area contributed by atoms with Crippen molar-refractivity contribution in [2.75, 3.05) is 18.5 Å². The Labute approximate surface area is 103 Å². The van der Waals surface area contributed by atoms with E-state index in [1.807, 2.05) is 18.2 Å². The van der Waals surface area contributed by atoms with Gasteiger partial charge in [-0.05, 0) is 31.0 Å². The number of anilines is 1. The number of rotatable bonds is 2. The fourth-order valence-corrected chi connectivity index (χ4v) is 2.57. The number of nitrogens with one attached hydrogen (secondary N) is 1. The summed E-state index contributed by atoms with van der Waals surface area (Å²) < 4.78 is 6.31. The van der Waals surface area contributed by atoms with E-state index in [4.69, 9.17) is 16.3 Å². The molecule has 2 rings (SSSR count). The number of benzene rings is 1. The van der Waals surface area contributed by atoms with Gasteiger partial charge in [0.05, 0.1) is 0 Å². The highest BCUT2D eigenvalue weighted by atomic mass is 79.9. The Morgan fingerprint density at radius 2 is 2.00 bits per heavy atom. The summed E-state index contributed by atoms with van der Waals surface area (Å²) in [7, 11) is 0. The zero-order valence-corrected chi connectivity index (χ0v) is 10.6. The molecule has 82 valence electrons. The van der Waals surface area contributed by atoms with E-state index in [0.29, 0.717) is 6.04 Å². The summed E-state index contributed by atoms with van der Waals surface area (Å²) in [5.74, 6) is 0. The van der Waals surface area contributed by atoms with Crippen LogP contribution in [-0.4, -0.2) is 19.3 Å². The molecule has 1 saturated heterocycles. The van der Waals surface area contributed by atoms with Crippen molar-refractivity contribution in [1.29, 1.82) is 0 Å². The van der Waals surface area contributed by atoms with Gasteiger partial charge in [0.25, 0.3) is 0 Å². The topological polar surface area (TPSA) is 21.3 Å². The van der Waals surface area contributed by atoms with Gasteiger partial charge >= 0.3 is 0 Å². The monoisotopic (exact) mass is 289 g/mol. The largest absolute Gasteiger partial charge is 0.382 e. The van der Waals surface area contributed by atoms with Crippen molar-refractivity contribution in [2.45, 2.75) is 18.9 Å². The third kappa shape index (κ3) is 3.37. The Hall–Kier alpha value is -0.250. The molecule has 1 aliphatic rings. The zero-order valence-electron chi connectivity index (χ0n) is 8.30. The van der Waals surface area contributed by atoms with E-state index in [-0.39, 0.29) is 0 Å². The fraction of sp³-hybridized carbons (Fsp3) is 0.455. The van der Waals surface area contributed by atoms with Crippen LogP contribution in [0.4, 0.5) is 5.69 Å². The van der Waals surface area contributed by atoms with Gasteiger partial charge in [-0.1, -0.05) is 27.5 Å². The maximum Gasteiger partial charge on any atom is 0.0485 e. The van der Waals surface area contributed by atoms with Gasteiger partial charge in [0.15, 0.2) is 0 Å². The molecule has 1 aromatic rings. The summed E-state index contributed by atoms with van der Waals surface area (Å²) in [6.07, 6.45) is 2.12. The Balaban J connectivity index is 2.02. The molecule has 1 aromatic carbocycles. The Bertz CT molecular complexity index is 319. The molecule has 0 bridgehead atoms. The van der Waals surface area contributed by atoms with Crippen LogP contribution < -0.4 is 5.32 Å². The molecule has 0 radical (unpaired) electrons. The fourth-order valence-electron chi connectivity index (χ4n) is 1.71. The summed E-state index contributed by atoms with van der Waals surface area (Å²) >= 11 is 9.40. The lowest BCUT2D eigenvalue weighted by Crippen LogP contribution is -2.27. The van der Waals surface area contributed by atoms with Crippen LogP contribution >= 0.6 is 27.5 Å². The first kappa shape index (κ1) is 11.2. The smallest absolute Gasteiger partial charge is 0.0485 e. The number of hydrogen-bond donors (Lipinski definition) is 1. The van der Waals surface area contributed by atoms with Crippen LogP contribution in [0.2, 0.25) is 5.02 Å². The highest BCUT2D eigenvalue weighted by Gasteiger charge is 2.13. The summed E-state index contributed by atoms with van der Waals surface area (Å²) in [6.45, 7) is 1.69. The predicted molar refractivity (Wildman–Crippen MR) is 66.6 cm³/mol. The molecule has 0 aromatic heterocycles. The Morgan fingerprint density at radius 1 is 1.27 bits per heavy atom. The van der Waals surface area contributed by atoms with Crippen molar-refractivity contribution in [3.63, 3.8) is 0 Å². The maximum absolute atomic E-state index is 5.97. The maximum atomic E-state index is 5.97. The summed E-state index contributed by atoms with van der Waals surface area (Å²) in [4.78, 5) is 0. The standard InChI is InChI=1S/C11H13BrClNO/c12-8-5-9(13)7-11(6-8)14-10-1-3-15-4-2-10/h5-7,10,14H,1-4H2. The molecule has 0 saturated carbocycles. The molecule has 4 heteroatoms. The third-order valence-electron chi connectivity index (χ3n) is 2.45. The van der Waals surface area contributed by atoms with Gasteiger partial charge in [-0.2, -0.15) is 0 Å². The molecular formula is C11H13BrClNO. The average Bonchev–Trinajstić information content (AvgIpc) is 2.17. The number of hydrogen-bond acceptors (Lipinski definition) is 2. The molecule has 1 heterocycles. The quantitative estimate of drug-likeness (QED) is 0.897. The molecule has 0 amide bonds. The molecule has 0 atom stereocenters. The number of halogens is 2. The first-order chi connectivity index (χ1) is 7.24. The first-order valence-electron chi connectivity index (χ1n) is 5.04. The van der Waals surface area contributed by atoms with E-state index >= 15 is 0 Å². The lowest BCUT2D eigenvalue weighted by atomic mass is 10.1. The zero-order chi connectivity index (χ0) is 10.7. The SMILES string of the molecule is Clc1cc(Br)cc(NC2CCOCC2)c1. The minimum Gasteiger partial charge on any atom is -0.382 e. The van der Waals surface area contributed by atoms with Crippen molar-refractivity contribution in [1.82, 2.24) is 0 Å². The van der Waals surface area contributed by atoms with Crippen molar-refractivity contribution in [3.8, 4) is 0 Å². The minimum atomic E-state index is 0.504. The van der Waals surface area contributed by atoms with Crippen LogP contribution in [-0.2, 0) is 4.74 Å². The molecule has 0 aliphatic carbocycles. The van der Waals surface area contributed by atoms with Gasteiger partial charge in [-0.25, -0.2) is 0 Å².